The van der Waals surface area contributed by atoms with Crippen LogP contribution in [-0.2, 0) is 14.3 Å². The Morgan fingerprint density at radius 3 is 1.88 bits per heavy atom. The molecule has 3 rings (SSSR count). The number of rotatable bonds is 4. The molecule has 3 saturated carbocycles. The number of halogens is 3. The van der Waals surface area contributed by atoms with Crippen LogP contribution in [0, 0.1) is 17.8 Å². The third kappa shape index (κ3) is 4.89. The first-order valence-electron chi connectivity index (χ1n) is 10.1. The van der Waals surface area contributed by atoms with Crippen molar-refractivity contribution in [1.82, 2.24) is 0 Å². The number of alkyl halides is 3. The molecule has 0 radical (unpaired) electrons. The predicted molar refractivity (Wildman–Crippen MR) is 105 cm³/mol. The smallest absolute Gasteiger partial charge is 0.309 e. The van der Waals surface area contributed by atoms with Gasteiger partial charge >= 0.3 is 5.97 Å². The molecule has 0 saturated heterocycles. The first kappa shape index (κ1) is 20.7. The maximum absolute atomic E-state index is 14.2. The summed E-state index contributed by atoms with van der Waals surface area (Å²) in [6, 6.07) is 0. The van der Waals surface area contributed by atoms with Gasteiger partial charge in [-0.25, -0.2) is 8.78 Å². The highest BCUT2D eigenvalue weighted by molar-refractivity contribution is 14.1. The molecule has 3 nitrogen and oxygen atoms in total. The van der Waals surface area contributed by atoms with Crippen LogP contribution in [0.3, 0.4) is 0 Å². The van der Waals surface area contributed by atoms with Gasteiger partial charge in [-0.05, 0) is 76.0 Å². The number of esters is 1. The maximum Gasteiger partial charge on any atom is 0.309 e. The summed E-state index contributed by atoms with van der Waals surface area (Å²) in [5.74, 6) is 1.07. The summed E-state index contributed by atoms with van der Waals surface area (Å²) in [7, 11) is 1.39. The van der Waals surface area contributed by atoms with E-state index in [-0.39, 0.29) is 11.9 Å². The van der Waals surface area contributed by atoms with Crippen LogP contribution in [0.25, 0.3) is 0 Å². The number of hydrogen-bond acceptors (Lipinski definition) is 3. The van der Waals surface area contributed by atoms with Crippen molar-refractivity contribution >= 4 is 28.6 Å². The zero-order valence-corrected chi connectivity index (χ0v) is 17.7. The zero-order chi connectivity index (χ0) is 18.7. The van der Waals surface area contributed by atoms with E-state index >= 15 is 0 Å². The van der Waals surface area contributed by atoms with Crippen molar-refractivity contribution in [1.29, 1.82) is 0 Å². The summed E-state index contributed by atoms with van der Waals surface area (Å²) in [5.41, 5.74) is 0. The lowest BCUT2D eigenvalue weighted by molar-refractivity contribution is -0.168. The Hall–Kier alpha value is 0.0200. The Balaban J connectivity index is 1.44. The summed E-state index contributed by atoms with van der Waals surface area (Å²) in [6.45, 7) is 0. The second-order valence-corrected chi connectivity index (χ2v) is 10.1. The van der Waals surface area contributed by atoms with Gasteiger partial charge < -0.3 is 9.47 Å². The van der Waals surface area contributed by atoms with Gasteiger partial charge in [-0.15, -0.1) is 0 Å². The second-order valence-electron chi connectivity index (χ2n) is 8.34. The van der Waals surface area contributed by atoms with Gasteiger partial charge in [0.25, 0.3) is 0 Å². The van der Waals surface area contributed by atoms with E-state index in [0.29, 0.717) is 12.8 Å². The predicted octanol–water partition coefficient (Wildman–Crippen LogP) is 5.18. The average molecular weight is 484 g/mol. The Morgan fingerprint density at radius 2 is 1.31 bits per heavy atom. The summed E-state index contributed by atoms with van der Waals surface area (Å²) in [6.07, 6.45) is 4.61. The maximum atomic E-state index is 14.2. The fourth-order valence-corrected chi connectivity index (χ4v) is 5.77. The minimum Gasteiger partial charge on any atom is -0.459 e. The van der Waals surface area contributed by atoms with Gasteiger partial charge in [-0.3, -0.25) is 4.79 Å². The van der Waals surface area contributed by atoms with Crippen molar-refractivity contribution in [2.24, 2.45) is 17.8 Å². The SMILES string of the molecule is COC1CCC(OC(=O)C2CCC(C3CCC(I)CC3)CC2)C(F)C1F. The number of ether oxygens (including phenoxy) is 2. The molecule has 0 amide bonds. The largest absolute Gasteiger partial charge is 0.459 e. The van der Waals surface area contributed by atoms with Crippen LogP contribution >= 0.6 is 22.6 Å². The fourth-order valence-electron chi connectivity index (χ4n) is 5.05. The Bertz CT molecular complexity index is 462. The highest BCUT2D eigenvalue weighted by Crippen LogP contribution is 2.42. The molecule has 150 valence electrons. The highest BCUT2D eigenvalue weighted by atomic mass is 127. The molecule has 0 N–H and O–H groups in total. The first-order valence-corrected chi connectivity index (χ1v) is 11.4. The minimum absolute atomic E-state index is 0.141. The topological polar surface area (TPSA) is 35.5 Å². The van der Waals surface area contributed by atoms with E-state index in [1.165, 1.54) is 32.8 Å². The van der Waals surface area contributed by atoms with Gasteiger partial charge in [0.15, 0.2) is 12.3 Å². The van der Waals surface area contributed by atoms with Crippen molar-refractivity contribution in [2.45, 2.75) is 92.7 Å². The van der Waals surface area contributed by atoms with Gasteiger partial charge in [0, 0.05) is 11.0 Å². The second kappa shape index (κ2) is 9.48. The van der Waals surface area contributed by atoms with Gasteiger partial charge in [-0.2, -0.15) is 0 Å². The normalized spacial score (nSPS) is 44.5. The van der Waals surface area contributed by atoms with E-state index in [9.17, 15) is 13.6 Å². The quantitative estimate of drug-likeness (QED) is 0.313. The van der Waals surface area contributed by atoms with Crippen molar-refractivity contribution in [3.63, 3.8) is 0 Å². The highest BCUT2D eigenvalue weighted by Gasteiger charge is 2.43. The molecule has 6 heteroatoms. The van der Waals surface area contributed by atoms with Gasteiger partial charge in [0.2, 0.25) is 0 Å². The lowest BCUT2D eigenvalue weighted by atomic mass is 9.71. The number of carbonyl (C=O) groups excluding carboxylic acids is 1. The summed E-state index contributed by atoms with van der Waals surface area (Å²) in [4.78, 5) is 12.5. The van der Waals surface area contributed by atoms with E-state index in [1.54, 1.807) is 0 Å². The molecule has 0 aromatic carbocycles. The lowest BCUT2D eigenvalue weighted by Crippen LogP contribution is -2.47. The molecule has 0 aromatic rings. The molecular formula is C20H31F2IO3. The van der Waals surface area contributed by atoms with Crippen molar-refractivity contribution < 1.29 is 23.0 Å². The monoisotopic (exact) mass is 484 g/mol. The lowest BCUT2D eigenvalue weighted by Gasteiger charge is -2.37. The molecule has 3 aliphatic rings. The van der Waals surface area contributed by atoms with Crippen LogP contribution in [0.15, 0.2) is 0 Å². The van der Waals surface area contributed by atoms with Crippen LogP contribution in [0.2, 0.25) is 0 Å². The molecule has 3 aliphatic carbocycles. The molecule has 4 unspecified atom stereocenters. The van der Waals surface area contributed by atoms with Gasteiger partial charge in [0.1, 0.15) is 6.10 Å². The summed E-state index contributed by atoms with van der Waals surface area (Å²) < 4.78 is 39.4. The zero-order valence-electron chi connectivity index (χ0n) is 15.5. The summed E-state index contributed by atoms with van der Waals surface area (Å²) in [5, 5.41) is 0. The van der Waals surface area contributed by atoms with Crippen molar-refractivity contribution in [3.05, 3.63) is 0 Å². The fraction of sp³-hybridized carbons (Fsp3) is 0.950. The van der Waals surface area contributed by atoms with Gasteiger partial charge in [0.05, 0.1) is 12.0 Å². The molecule has 3 fully saturated rings. The van der Waals surface area contributed by atoms with Gasteiger partial charge in [-0.1, -0.05) is 22.6 Å². The molecule has 0 spiro atoms. The van der Waals surface area contributed by atoms with Crippen molar-refractivity contribution in [3.8, 4) is 0 Å². The Labute approximate surface area is 169 Å². The van der Waals surface area contributed by atoms with E-state index < -0.39 is 24.6 Å². The number of carbonyl (C=O) groups is 1. The van der Waals surface area contributed by atoms with Crippen LogP contribution in [-0.4, -0.2) is 41.6 Å². The van der Waals surface area contributed by atoms with Crippen LogP contribution in [0.4, 0.5) is 8.78 Å². The van der Waals surface area contributed by atoms with Crippen LogP contribution in [0.1, 0.15) is 64.2 Å². The first-order chi connectivity index (χ1) is 12.5. The van der Waals surface area contributed by atoms with E-state index in [2.05, 4.69) is 22.6 Å². The number of hydrogen-bond donors (Lipinski definition) is 0. The standard InChI is InChI=1S/C20H31F2IO3/c1-25-16-10-11-17(19(22)18(16)21)26-20(24)14-4-2-12(3-5-14)13-6-8-15(23)9-7-13/h12-19H,2-11H2,1H3. The van der Waals surface area contributed by atoms with E-state index in [1.807, 2.05) is 0 Å². The summed E-state index contributed by atoms with van der Waals surface area (Å²) >= 11 is 2.56. The molecule has 26 heavy (non-hydrogen) atoms. The molecule has 0 heterocycles. The minimum atomic E-state index is -1.78. The van der Waals surface area contributed by atoms with E-state index in [0.717, 1.165) is 41.4 Å². The van der Waals surface area contributed by atoms with Crippen molar-refractivity contribution in [2.75, 3.05) is 7.11 Å². The average Bonchev–Trinajstić information content (AvgIpc) is 2.66. The Kier molecular flexibility index (Phi) is 7.57. The molecule has 4 atom stereocenters. The third-order valence-electron chi connectivity index (χ3n) is 6.79. The molecular weight excluding hydrogens is 453 g/mol. The van der Waals surface area contributed by atoms with E-state index in [4.69, 9.17) is 9.47 Å². The Morgan fingerprint density at radius 1 is 0.808 bits per heavy atom. The third-order valence-corrected chi connectivity index (χ3v) is 8.04. The molecule has 0 aliphatic heterocycles. The molecule has 0 aromatic heterocycles. The number of methoxy groups -OCH3 is 1. The van der Waals surface area contributed by atoms with Crippen LogP contribution < -0.4 is 0 Å². The molecule has 0 bridgehead atoms. The van der Waals surface area contributed by atoms with Crippen LogP contribution in [0.5, 0.6) is 0 Å².